The highest BCUT2D eigenvalue weighted by Gasteiger charge is 2.18. The van der Waals surface area contributed by atoms with E-state index < -0.39 is 0 Å². The molecule has 17 heavy (non-hydrogen) atoms. The van der Waals surface area contributed by atoms with Gasteiger partial charge in [0.05, 0.1) is 12.1 Å². The minimum absolute atomic E-state index is 0.0107. The van der Waals surface area contributed by atoms with E-state index in [1.165, 1.54) is 4.90 Å². The van der Waals surface area contributed by atoms with Crippen molar-refractivity contribution < 1.29 is 14.3 Å². The molecule has 0 aliphatic carbocycles. The Morgan fingerprint density at radius 3 is 2.24 bits per heavy atom. The molecule has 5 heteroatoms. The van der Waals surface area contributed by atoms with Crippen LogP contribution in [0.5, 0.6) is 0 Å². The van der Waals surface area contributed by atoms with Crippen molar-refractivity contribution in [1.29, 1.82) is 0 Å². The van der Waals surface area contributed by atoms with Gasteiger partial charge in [-0.25, -0.2) is 0 Å². The van der Waals surface area contributed by atoms with Crippen molar-refractivity contribution in [3.63, 3.8) is 0 Å². The molecular formula is C12H24N2O3. The van der Waals surface area contributed by atoms with Gasteiger partial charge in [-0.3, -0.25) is 9.59 Å². The number of nitrogens with one attached hydrogen (secondary N) is 1. The third kappa shape index (κ3) is 7.74. The standard InChI is InChI=1S/C12H24N2O3/c1-6-13-10(15)8-14(7-2)11(16)9-17-12(3,4)5/h6-9H2,1-5H3,(H,13,15). The molecule has 0 spiro atoms. The van der Waals surface area contributed by atoms with Crippen molar-refractivity contribution >= 4 is 11.8 Å². The lowest BCUT2D eigenvalue weighted by Gasteiger charge is -2.24. The molecule has 0 saturated carbocycles. The molecule has 0 unspecified atom stereocenters. The summed E-state index contributed by atoms with van der Waals surface area (Å²) >= 11 is 0. The number of hydrogen-bond donors (Lipinski definition) is 1. The van der Waals surface area contributed by atoms with E-state index in [1.54, 1.807) is 0 Å². The summed E-state index contributed by atoms with van der Waals surface area (Å²) in [6, 6.07) is 0. The van der Waals surface area contributed by atoms with E-state index in [9.17, 15) is 9.59 Å². The Labute approximate surface area is 103 Å². The van der Waals surface area contributed by atoms with E-state index in [4.69, 9.17) is 4.74 Å². The number of carbonyl (C=O) groups is 2. The Balaban J connectivity index is 4.17. The van der Waals surface area contributed by atoms with Crippen molar-refractivity contribution in [1.82, 2.24) is 10.2 Å². The summed E-state index contributed by atoms with van der Waals surface area (Å²) in [4.78, 5) is 24.6. The number of likely N-dealkylation sites (N-methyl/N-ethyl adjacent to an activating group) is 2. The van der Waals surface area contributed by atoms with Crippen LogP contribution in [0, 0.1) is 0 Å². The van der Waals surface area contributed by atoms with E-state index in [1.807, 2.05) is 34.6 Å². The molecule has 0 fully saturated rings. The second kappa shape index (κ2) is 7.27. The second-order valence-electron chi connectivity index (χ2n) is 4.76. The molecule has 2 amide bonds. The number of amides is 2. The Morgan fingerprint density at radius 1 is 1.24 bits per heavy atom. The fraction of sp³-hybridized carbons (Fsp3) is 0.833. The second-order valence-corrected chi connectivity index (χ2v) is 4.76. The molecule has 0 aliphatic heterocycles. The number of carbonyl (C=O) groups excluding carboxylic acids is 2. The monoisotopic (exact) mass is 244 g/mol. The van der Waals surface area contributed by atoms with Crippen LogP contribution in [0.15, 0.2) is 0 Å². The number of rotatable bonds is 6. The van der Waals surface area contributed by atoms with Crippen LogP contribution in [0.25, 0.3) is 0 Å². The molecule has 5 nitrogen and oxygen atoms in total. The summed E-state index contributed by atoms with van der Waals surface area (Å²) in [6.45, 7) is 10.5. The van der Waals surface area contributed by atoms with Gasteiger partial charge in [0.1, 0.15) is 6.61 Å². The first-order chi connectivity index (χ1) is 7.80. The van der Waals surface area contributed by atoms with E-state index in [0.29, 0.717) is 13.1 Å². The summed E-state index contributed by atoms with van der Waals surface area (Å²) in [5.41, 5.74) is -0.346. The molecule has 0 rings (SSSR count). The van der Waals surface area contributed by atoms with Gasteiger partial charge < -0.3 is 15.0 Å². The molecule has 0 aromatic carbocycles. The SMILES string of the molecule is CCNC(=O)CN(CC)C(=O)COC(C)(C)C. The van der Waals surface area contributed by atoms with Gasteiger partial charge in [0, 0.05) is 13.1 Å². The molecular weight excluding hydrogens is 220 g/mol. The first kappa shape index (κ1) is 15.9. The van der Waals surface area contributed by atoms with E-state index in [-0.39, 0.29) is 30.6 Å². The van der Waals surface area contributed by atoms with Gasteiger partial charge >= 0.3 is 0 Å². The van der Waals surface area contributed by atoms with Crippen LogP contribution < -0.4 is 5.32 Å². The van der Waals surface area contributed by atoms with Crippen molar-refractivity contribution in [2.45, 2.75) is 40.2 Å². The third-order valence-corrected chi connectivity index (χ3v) is 2.07. The molecule has 0 aromatic rings. The Bertz CT molecular complexity index is 259. The molecule has 1 N–H and O–H groups in total. The highest BCUT2D eigenvalue weighted by molar-refractivity contribution is 5.85. The first-order valence-electron chi connectivity index (χ1n) is 5.98. The van der Waals surface area contributed by atoms with Crippen molar-refractivity contribution in [2.24, 2.45) is 0 Å². The Morgan fingerprint density at radius 2 is 1.82 bits per heavy atom. The summed E-state index contributed by atoms with van der Waals surface area (Å²) in [6.07, 6.45) is 0. The average molecular weight is 244 g/mol. The fourth-order valence-corrected chi connectivity index (χ4v) is 1.17. The lowest BCUT2D eigenvalue weighted by molar-refractivity contribution is -0.143. The first-order valence-corrected chi connectivity index (χ1v) is 5.98. The number of ether oxygens (including phenoxy) is 1. The number of nitrogens with zero attached hydrogens (tertiary/aromatic N) is 1. The zero-order valence-corrected chi connectivity index (χ0v) is 11.5. The maximum atomic E-state index is 11.8. The zero-order chi connectivity index (χ0) is 13.5. The Hall–Kier alpha value is -1.10. The van der Waals surface area contributed by atoms with Crippen LogP contribution in [0.2, 0.25) is 0 Å². The van der Waals surface area contributed by atoms with Crippen LogP contribution in [0.4, 0.5) is 0 Å². The summed E-state index contributed by atoms with van der Waals surface area (Å²) in [7, 11) is 0. The topological polar surface area (TPSA) is 58.6 Å². The van der Waals surface area contributed by atoms with Gasteiger partial charge in [0.2, 0.25) is 11.8 Å². The van der Waals surface area contributed by atoms with Crippen LogP contribution in [0.3, 0.4) is 0 Å². The van der Waals surface area contributed by atoms with Crippen molar-refractivity contribution in [3.8, 4) is 0 Å². The lowest BCUT2D eigenvalue weighted by Crippen LogP contribution is -2.43. The third-order valence-electron chi connectivity index (χ3n) is 2.07. The normalized spacial score (nSPS) is 11.1. The average Bonchev–Trinajstić information content (AvgIpc) is 2.22. The minimum Gasteiger partial charge on any atom is -0.366 e. The molecule has 0 aromatic heterocycles. The molecule has 0 saturated heterocycles. The quantitative estimate of drug-likeness (QED) is 0.751. The molecule has 0 radical (unpaired) electrons. The highest BCUT2D eigenvalue weighted by atomic mass is 16.5. The maximum Gasteiger partial charge on any atom is 0.249 e. The summed E-state index contributed by atoms with van der Waals surface area (Å²) in [5.74, 6) is -0.299. The van der Waals surface area contributed by atoms with Crippen LogP contribution in [-0.2, 0) is 14.3 Å². The molecule has 0 aliphatic rings. The maximum absolute atomic E-state index is 11.8. The van der Waals surface area contributed by atoms with Gasteiger partial charge in [0.15, 0.2) is 0 Å². The van der Waals surface area contributed by atoms with Gasteiger partial charge in [-0.1, -0.05) is 0 Å². The van der Waals surface area contributed by atoms with Crippen molar-refractivity contribution in [2.75, 3.05) is 26.2 Å². The lowest BCUT2D eigenvalue weighted by atomic mass is 10.2. The van der Waals surface area contributed by atoms with Crippen LogP contribution in [-0.4, -0.2) is 48.6 Å². The number of hydrogen-bond acceptors (Lipinski definition) is 3. The minimum atomic E-state index is -0.346. The summed E-state index contributed by atoms with van der Waals surface area (Å²) in [5, 5.41) is 2.66. The van der Waals surface area contributed by atoms with Crippen LogP contribution in [0.1, 0.15) is 34.6 Å². The molecule has 0 atom stereocenters. The smallest absolute Gasteiger partial charge is 0.249 e. The van der Waals surface area contributed by atoms with Crippen LogP contribution >= 0.6 is 0 Å². The van der Waals surface area contributed by atoms with Crippen molar-refractivity contribution in [3.05, 3.63) is 0 Å². The molecule has 0 bridgehead atoms. The Kier molecular flexibility index (Phi) is 6.80. The van der Waals surface area contributed by atoms with Gasteiger partial charge in [-0.15, -0.1) is 0 Å². The van der Waals surface area contributed by atoms with Gasteiger partial charge in [-0.2, -0.15) is 0 Å². The van der Waals surface area contributed by atoms with Gasteiger partial charge in [-0.05, 0) is 34.6 Å². The highest BCUT2D eigenvalue weighted by Crippen LogP contribution is 2.06. The van der Waals surface area contributed by atoms with E-state index >= 15 is 0 Å². The molecule has 100 valence electrons. The largest absolute Gasteiger partial charge is 0.366 e. The van der Waals surface area contributed by atoms with Gasteiger partial charge in [0.25, 0.3) is 0 Å². The fourth-order valence-electron chi connectivity index (χ4n) is 1.17. The summed E-state index contributed by atoms with van der Waals surface area (Å²) < 4.78 is 5.39. The predicted octanol–water partition coefficient (Wildman–Crippen LogP) is 0.786. The molecule has 0 heterocycles. The zero-order valence-electron chi connectivity index (χ0n) is 11.5. The predicted molar refractivity (Wildman–Crippen MR) is 66.6 cm³/mol. The van der Waals surface area contributed by atoms with E-state index in [2.05, 4.69) is 5.32 Å². The van der Waals surface area contributed by atoms with E-state index in [0.717, 1.165) is 0 Å².